The van der Waals surface area contributed by atoms with Crippen LogP contribution in [0.3, 0.4) is 0 Å². The Kier molecular flexibility index (Phi) is 8.84. The molecule has 2 aliphatic rings. The van der Waals surface area contributed by atoms with Gasteiger partial charge < -0.3 is 20.3 Å². The number of thioether (sulfide) groups is 1. The molecule has 0 radical (unpaired) electrons. The lowest BCUT2D eigenvalue weighted by Crippen LogP contribution is -2.48. The lowest BCUT2D eigenvalue weighted by molar-refractivity contribution is -0.119. The minimum atomic E-state index is -0.342. The van der Waals surface area contributed by atoms with Gasteiger partial charge in [-0.1, -0.05) is 43.2 Å². The van der Waals surface area contributed by atoms with Crippen LogP contribution in [-0.2, 0) is 9.53 Å². The zero-order valence-electron chi connectivity index (χ0n) is 22.3. The van der Waals surface area contributed by atoms with Crippen LogP contribution in [0.25, 0.3) is 10.2 Å². The largest absolute Gasteiger partial charge is 0.372 e. The SMILES string of the molecule is C[C@@H]1CN(C(=O)c2ccccc2C(=O)Nc2ccc3nc(SCC(=O)NC4CCCCC4)sc3c2)C[C@@H](C)O1. The highest BCUT2D eigenvalue weighted by molar-refractivity contribution is 8.01. The van der Waals surface area contributed by atoms with Gasteiger partial charge in [-0.2, -0.15) is 0 Å². The molecule has 0 bridgehead atoms. The van der Waals surface area contributed by atoms with Crippen LogP contribution in [0.2, 0.25) is 0 Å². The Labute approximate surface area is 236 Å². The summed E-state index contributed by atoms with van der Waals surface area (Å²) < 4.78 is 7.49. The Balaban J connectivity index is 1.23. The highest BCUT2D eigenvalue weighted by atomic mass is 32.2. The van der Waals surface area contributed by atoms with Crippen LogP contribution in [0.4, 0.5) is 5.69 Å². The third-order valence-electron chi connectivity index (χ3n) is 7.03. The molecule has 8 nitrogen and oxygen atoms in total. The molecule has 2 heterocycles. The molecule has 1 aromatic heterocycles. The fourth-order valence-corrected chi connectivity index (χ4v) is 7.19. The number of carbonyl (C=O) groups is 3. The minimum Gasteiger partial charge on any atom is -0.372 e. The summed E-state index contributed by atoms with van der Waals surface area (Å²) >= 11 is 2.93. The van der Waals surface area contributed by atoms with Gasteiger partial charge in [-0.15, -0.1) is 11.3 Å². The number of aromatic nitrogens is 1. The van der Waals surface area contributed by atoms with Crippen LogP contribution in [0, 0.1) is 0 Å². The number of amides is 3. The summed E-state index contributed by atoms with van der Waals surface area (Å²) in [6, 6.07) is 12.8. The van der Waals surface area contributed by atoms with Crippen LogP contribution in [0.15, 0.2) is 46.8 Å². The van der Waals surface area contributed by atoms with Gasteiger partial charge in [0.25, 0.3) is 11.8 Å². The van der Waals surface area contributed by atoms with Crippen molar-refractivity contribution in [2.75, 3.05) is 24.2 Å². The molecule has 0 unspecified atom stereocenters. The highest BCUT2D eigenvalue weighted by Gasteiger charge is 2.29. The van der Waals surface area contributed by atoms with Gasteiger partial charge in [0, 0.05) is 24.8 Å². The van der Waals surface area contributed by atoms with E-state index in [-0.39, 0.29) is 29.9 Å². The van der Waals surface area contributed by atoms with Crippen molar-refractivity contribution < 1.29 is 19.1 Å². The number of carbonyl (C=O) groups excluding carboxylic acids is 3. The number of hydrogen-bond acceptors (Lipinski definition) is 7. The zero-order chi connectivity index (χ0) is 27.4. The molecule has 1 aliphatic carbocycles. The number of morpholine rings is 1. The summed E-state index contributed by atoms with van der Waals surface area (Å²) in [5.41, 5.74) is 2.15. The second-order valence-corrected chi connectivity index (χ2v) is 12.6. The molecule has 2 N–H and O–H groups in total. The number of ether oxygens (including phenoxy) is 1. The molecule has 0 spiro atoms. The smallest absolute Gasteiger partial charge is 0.256 e. The minimum absolute atomic E-state index is 0.0494. The van der Waals surface area contributed by atoms with E-state index in [1.165, 1.54) is 42.4 Å². The van der Waals surface area contributed by atoms with E-state index in [1.807, 2.05) is 26.0 Å². The van der Waals surface area contributed by atoms with Crippen molar-refractivity contribution in [3.8, 4) is 0 Å². The van der Waals surface area contributed by atoms with E-state index < -0.39 is 0 Å². The molecule has 206 valence electrons. The molecule has 1 saturated heterocycles. The number of anilines is 1. The fraction of sp³-hybridized carbons (Fsp3) is 0.448. The molecule has 5 rings (SSSR count). The summed E-state index contributed by atoms with van der Waals surface area (Å²) in [5.74, 6) is -0.125. The van der Waals surface area contributed by atoms with Crippen molar-refractivity contribution in [2.24, 2.45) is 0 Å². The average Bonchev–Trinajstić information content (AvgIpc) is 3.34. The van der Waals surface area contributed by atoms with E-state index in [9.17, 15) is 14.4 Å². The number of benzene rings is 2. The van der Waals surface area contributed by atoms with Gasteiger partial charge in [0.2, 0.25) is 5.91 Å². The molecule has 3 aromatic rings. The van der Waals surface area contributed by atoms with Gasteiger partial charge in [0.05, 0.1) is 39.3 Å². The van der Waals surface area contributed by atoms with Crippen LogP contribution < -0.4 is 10.6 Å². The summed E-state index contributed by atoms with van der Waals surface area (Å²) in [4.78, 5) is 45.4. The van der Waals surface area contributed by atoms with Crippen LogP contribution in [0.5, 0.6) is 0 Å². The maximum absolute atomic E-state index is 13.3. The summed E-state index contributed by atoms with van der Waals surface area (Å²) in [6.07, 6.45) is 5.64. The number of nitrogens with one attached hydrogen (secondary N) is 2. The van der Waals surface area contributed by atoms with Gasteiger partial charge in [0.1, 0.15) is 0 Å². The van der Waals surface area contributed by atoms with Gasteiger partial charge in [-0.05, 0) is 57.0 Å². The molecule has 1 saturated carbocycles. The number of hydrogen-bond donors (Lipinski definition) is 2. The van der Waals surface area contributed by atoms with Crippen molar-refractivity contribution in [3.63, 3.8) is 0 Å². The van der Waals surface area contributed by atoms with E-state index in [0.717, 1.165) is 27.4 Å². The second kappa shape index (κ2) is 12.5. The van der Waals surface area contributed by atoms with E-state index >= 15 is 0 Å². The molecular formula is C29H34N4O4S2. The third kappa shape index (κ3) is 6.98. The Morgan fingerprint density at radius 2 is 1.74 bits per heavy atom. The summed E-state index contributed by atoms with van der Waals surface area (Å²) in [6.45, 7) is 4.87. The standard InChI is InChI=1S/C29H34N4O4S2/c1-18-15-33(16-19(2)37-18)28(36)23-11-7-6-10-22(23)27(35)31-21-12-13-24-25(14-21)39-29(32-24)38-17-26(34)30-20-8-4-3-5-9-20/h6-7,10-14,18-20H,3-5,8-9,15-17H2,1-2H3,(H,30,34)(H,31,35)/t18-,19-/m1/s1. The van der Waals surface area contributed by atoms with Gasteiger partial charge >= 0.3 is 0 Å². The lowest BCUT2D eigenvalue weighted by atomic mass is 9.95. The van der Waals surface area contributed by atoms with E-state index in [1.54, 1.807) is 35.2 Å². The van der Waals surface area contributed by atoms with Crippen molar-refractivity contribution in [1.82, 2.24) is 15.2 Å². The number of nitrogens with zero attached hydrogens (tertiary/aromatic N) is 2. The number of rotatable bonds is 7. The first-order valence-corrected chi connectivity index (χ1v) is 15.3. The first-order chi connectivity index (χ1) is 18.9. The van der Waals surface area contributed by atoms with Crippen molar-refractivity contribution in [3.05, 3.63) is 53.6 Å². The normalized spacial score (nSPS) is 20.1. The summed E-state index contributed by atoms with van der Waals surface area (Å²) in [5, 5.41) is 6.09. The Bertz CT molecular complexity index is 1340. The van der Waals surface area contributed by atoms with Crippen LogP contribution >= 0.6 is 23.1 Å². The molecule has 39 heavy (non-hydrogen) atoms. The maximum atomic E-state index is 13.3. The average molecular weight is 567 g/mol. The molecular weight excluding hydrogens is 532 g/mol. The highest BCUT2D eigenvalue weighted by Crippen LogP contribution is 2.31. The van der Waals surface area contributed by atoms with Gasteiger partial charge in [-0.25, -0.2) is 4.98 Å². The molecule has 1 aliphatic heterocycles. The van der Waals surface area contributed by atoms with Crippen molar-refractivity contribution in [2.45, 2.75) is 68.5 Å². The van der Waals surface area contributed by atoms with Gasteiger partial charge in [0.15, 0.2) is 4.34 Å². The Morgan fingerprint density at radius 1 is 1.03 bits per heavy atom. The third-order valence-corrected chi connectivity index (χ3v) is 9.19. The molecule has 10 heteroatoms. The molecule has 2 fully saturated rings. The van der Waals surface area contributed by atoms with Crippen LogP contribution in [0.1, 0.15) is 66.7 Å². The summed E-state index contributed by atoms with van der Waals surface area (Å²) in [7, 11) is 0. The van der Waals surface area contributed by atoms with Gasteiger partial charge in [-0.3, -0.25) is 14.4 Å². The number of fused-ring (bicyclic) bond motifs is 1. The lowest BCUT2D eigenvalue weighted by Gasteiger charge is -2.35. The molecule has 3 amide bonds. The maximum Gasteiger partial charge on any atom is 0.256 e. The van der Waals surface area contributed by atoms with Crippen molar-refractivity contribution in [1.29, 1.82) is 0 Å². The zero-order valence-corrected chi connectivity index (χ0v) is 23.9. The van der Waals surface area contributed by atoms with E-state index in [2.05, 4.69) is 15.6 Å². The fourth-order valence-electron chi connectivity index (χ4n) is 5.27. The predicted molar refractivity (Wildman–Crippen MR) is 156 cm³/mol. The Morgan fingerprint density at radius 3 is 2.49 bits per heavy atom. The first-order valence-electron chi connectivity index (χ1n) is 13.5. The monoisotopic (exact) mass is 566 g/mol. The molecule has 2 atom stereocenters. The van der Waals surface area contributed by atoms with E-state index in [4.69, 9.17) is 4.74 Å². The second-order valence-electron chi connectivity index (χ2n) is 10.3. The predicted octanol–water partition coefficient (Wildman–Crippen LogP) is 5.34. The number of thiazole rings is 1. The van der Waals surface area contributed by atoms with E-state index in [0.29, 0.717) is 41.7 Å². The quantitative estimate of drug-likeness (QED) is 0.375. The van der Waals surface area contributed by atoms with Crippen molar-refractivity contribution >= 4 is 56.7 Å². The topological polar surface area (TPSA) is 101 Å². The molecule has 2 aromatic carbocycles. The van der Waals surface area contributed by atoms with Crippen LogP contribution in [-0.4, -0.2) is 64.7 Å². The first kappa shape index (κ1) is 27.6. The Hall–Kier alpha value is -2.95.